The van der Waals surface area contributed by atoms with E-state index in [2.05, 4.69) is 14.9 Å². The molecule has 2 N–H and O–H groups in total. The number of para-hydroxylation sites is 2. The summed E-state index contributed by atoms with van der Waals surface area (Å²) < 4.78 is 15.3. The van der Waals surface area contributed by atoms with Gasteiger partial charge in [0.05, 0.1) is 11.0 Å². The van der Waals surface area contributed by atoms with Crippen LogP contribution < -0.4 is 5.69 Å². The number of hydrogen-bond donors (Lipinski definition) is 2. The van der Waals surface area contributed by atoms with Crippen molar-refractivity contribution in [3.8, 4) is 0 Å². The minimum Gasteiger partial charge on any atom is -0.357 e. The Morgan fingerprint density at radius 2 is 1.92 bits per heavy atom. The molecular weight excluding hydrogens is 331 g/mol. The van der Waals surface area contributed by atoms with Crippen LogP contribution in [-0.4, -0.2) is 32.5 Å². The van der Waals surface area contributed by atoms with Gasteiger partial charge in [-0.25, -0.2) is 9.18 Å². The first-order valence-corrected chi connectivity index (χ1v) is 8.88. The minimum absolute atomic E-state index is 0.0648. The molecule has 0 radical (unpaired) electrons. The van der Waals surface area contributed by atoms with Gasteiger partial charge in [0.1, 0.15) is 5.82 Å². The fraction of sp³-hybridized carbons (Fsp3) is 0.250. The second-order valence-corrected chi connectivity index (χ2v) is 6.90. The summed E-state index contributed by atoms with van der Waals surface area (Å²) in [6.07, 6.45) is 0.890. The summed E-state index contributed by atoms with van der Waals surface area (Å²) in [5.41, 5.74) is 5.12. The Balaban J connectivity index is 1.37. The van der Waals surface area contributed by atoms with Crippen LogP contribution in [0.2, 0.25) is 0 Å². The first-order valence-electron chi connectivity index (χ1n) is 8.88. The molecule has 26 heavy (non-hydrogen) atoms. The molecule has 1 aliphatic heterocycles. The van der Waals surface area contributed by atoms with Gasteiger partial charge < -0.3 is 9.97 Å². The average molecular weight is 350 g/mol. The fourth-order valence-electron chi connectivity index (χ4n) is 4.03. The number of nitrogens with zero attached hydrogens (tertiary/aromatic N) is 2. The molecule has 5 rings (SSSR count). The van der Waals surface area contributed by atoms with E-state index in [0.29, 0.717) is 6.54 Å². The summed E-state index contributed by atoms with van der Waals surface area (Å²) in [6, 6.07) is 12.7. The molecule has 5 nitrogen and oxygen atoms in total. The van der Waals surface area contributed by atoms with Crippen molar-refractivity contribution in [2.24, 2.45) is 0 Å². The number of hydrogen-bond acceptors (Lipinski definition) is 2. The standard InChI is InChI=1S/C20H19FN4O/c21-13-5-6-16-15(11-13)14-7-8-24(12-18(14)22-16)9-10-25-19-4-2-1-3-17(19)23-20(25)26/h1-6,11,22H,7-10,12H2,(H,23,26). The molecule has 0 unspecified atom stereocenters. The molecule has 3 heterocycles. The minimum atomic E-state index is -0.194. The zero-order chi connectivity index (χ0) is 17.7. The molecule has 1 aliphatic rings. The molecule has 6 heteroatoms. The number of aromatic amines is 2. The van der Waals surface area contributed by atoms with E-state index in [1.807, 2.05) is 24.3 Å². The van der Waals surface area contributed by atoms with E-state index < -0.39 is 0 Å². The Morgan fingerprint density at radius 3 is 2.85 bits per heavy atom. The Hall–Kier alpha value is -2.86. The van der Waals surface area contributed by atoms with Crippen molar-refractivity contribution in [3.63, 3.8) is 0 Å². The molecular formula is C20H19FN4O. The lowest BCUT2D eigenvalue weighted by Gasteiger charge is -2.27. The first-order chi connectivity index (χ1) is 12.7. The second-order valence-electron chi connectivity index (χ2n) is 6.90. The van der Waals surface area contributed by atoms with Crippen LogP contribution in [-0.2, 0) is 19.5 Å². The molecule has 0 saturated heterocycles. The van der Waals surface area contributed by atoms with Gasteiger partial charge >= 0.3 is 5.69 Å². The van der Waals surface area contributed by atoms with Crippen LogP contribution in [0.15, 0.2) is 47.3 Å². The summed E-state index contributed by atoms with van der Waals surface area (Å²) >= 11 is 0. The number of rotatable bonds is 3. The van der Waals surface area contributed by atoms with Crippen molar-refractivity contribution in [2.45, 2.75) is 19.5 Å². The predicted molar refractivity (Wildman–Crippen MR) is 99.8 cm³/mol. The smallest absolute Gasteiger partial charge is 0.326 e. The van der Waals surface area contributed by atoms with E-state index in [4.69, 9.17) is 0 Å². The molecule has 0 fully saturated rings. The van der Waals surface area contributed by atoms with Crippen LogP contribution in [0, 0.1) is 5.82 Å². The molecule has 132 valence electrons. The quantitative estimate of drug-likeness (QED) is 0.597. The average Bonchev–Trinajstić information content (AvgIpc) is 3.16. The number of H-pyrrole nitrogens is 2. The van der Waals surface area contributed by atoms with Crippen molar-refractivity contribution in [1.82, 2.24) is 19.4 Å². The summed E-state index contributed by atoms with van der Waals surface area (Å²) in [5.74, 6) is -0.194. The Morgan fingerprint density at radius 1 is 1.04 bits per heavy atom. The molecule has 4 aromatic rings. The predicted octanol–water partition coefficient (Wildman–Crippen LogP) is 3.01. The summed E-state index contributed by atoms with van der Waals surface area (Å²) in [7, 11) is 0. The lowest BCUT2D eigenvalue weighted by molar-refractivity contribution is 0.242. The van der Waals surface area contributed by atoms with Gasteiger partial charge in [-0.1, -0.05) is 12.1 Å². The van der Waals surface area contributed by atoms with Crippen molar-refractivity contribution in [2.75, 3.05) is 13.1 Å². The van der Waals surface area contributed by atoms with Gasteiger partial charge in [-0.3, -0.25) is 9.47 Å². The van der Waals surface area contributed by atoms with Gasteiger partial charge in [-0.2, -0.15) is 0 Å². The second kappa shape index (κ2) is 5.85. The summed E-state index contributed by atoms with van der Waals surface area (Å²) in [4.78, 5) is 20.9. The fourth-order valence-corrected chi connectivity index (χ4v) is 4.03. The SMILES string of the molecule is O=c1[nH]c2ccccc2n1CCN1CCc2c([nH]c3ccc(F)cc23)C1. The molecule has 0 aliphatic carbocycles. The van der Waals surface area contributed by atoms with E-state index >= 15 is 0 Å². The summed E-state index contributed by atoms with van der Waals surface area (Å²) in [5, 5.41) is 0.993. The van der Waals surface area contributed by atoms with E-state index in [-0.39, 0.29) is 11.5 Å². The maximum atomic E-state index is 13.5. The lowest BCUT2D eigenvalue weighted by atomic mass is 10.0. The van der Waals surface area contributed by atoms with Crippen LogP contribution in [0.4, 0.5) is 4.39 Å². The molecule has 0 bridgehead atoms. The Labute approximate surface area is 149 Å². The highest BCUT2D eigenvalue weighted by molar-refractivity contribution is 5.85. The third-order valence-corrected chi connectivity index (χ3v) is 5.34. The number of aromatic nitrogens is 3. The van der Waals surface area contributed by atoms with Crippen LogP contribution in [0.25, 0.3) is 21.9 Å². The maximum Gasteiger partial charge on any atom is 0.326 e. The highest BCUT2D eigenvalue weighted by Crippen LogP contribution is 2.28. The van der Waals surface area contributed by atoms with Crippen molar-refractivity contribution in [3.05, 3.63) is 70.0 Å². The van der Waals surface area contributed by atoms with Crippen molar-refractivity contribution < 1.29 is 4.39 Å². The lowest BCUT2D eigenvalue weighted by Crippen LogP contribution is -2.34. The zero-order valence-corrected chi connectivity index (χ0v) is 14.3. The largest absolute Gasteiger partial charge is 0.357 e. The Kier molecular flexibility index (Phi) is 3.46. The van der Waals surface area contributed by atoms with E-state index in [0.717, 1.165) is 53.7 Å². The summed E-state index contributed by atoms with van der Waals surface area (Å²) in [6.45, 7) is 3.15. The van der Waals surface area contributed by atoms with Gasteiger partial charge in [-0.15, -0.1) is 0 Å². The van der Waals surface area contributed by atoms with Gasteiger partial charge in [-0.05, 0) is 42.3 Å². The molecule has 0 spiro atoms. The van der Waals surface area contributed by atoms with E-state index in [1.165, 1.54) is 11.6 Å². The monoisotopic (exact) mass is 350 g/mol. The highest BCUT2D eigenvalue weighted by atomic mass is 19.1. The third-order valence-electron chi connectivity index (χ3n) is 5.34. The first kappa shape index (κ1) is 15.4. The number of nitrogens with one attached hydrogen (secondary N) is 2. The van der Waals surface area contributed by atoms with Crippen molar-refractivity contribution in [1.29, 1.82) is 0 Å². The Bertz CT molecular complexity index is 1170. The molecule has 0 amide bonds. The molecule has 2 aromatic heterocycles. The molecule has 0 atom stereocenters. The van der Waals surface area contributed by atoms with E-state index in [1.54, 1.807) is 16.7 Å². The number of benzene rings is 2. The number of fused-ring (bicyclic) bond motifs is 4. The normalized spacial score (nSPS) is 15.0. The third kappa shape index (κ3) is 2.45. The van der Waals surface area contributed by atoms with Crippen LogP contribution in [0.1, 0.15) is 11.3 Å². The van der Waals surface area contributed by atoms with Crippen LogP contribution >= 0.6 is 0 Å². The van der Waals surface area contributed by atoms with Crippen molar-refractivity contribution >= 4 is 21.9 Å². The van der Waals surface area contributed by atoms with Crippen LogP contribution in [0.5, 0.6) is 0 Å². The van der Waals surface area contributed by atoms with Gasteiger partial charge in [0.2, 0.25) is 0 Å². The van der Waals surface area contributed by atoms with E-state index in [9.17, 15) is 9.18 Å². The number of halogens is 1. The molecule has 2 aromatic carbocycles. The topological polar surface area (TPSA) is 56.8 Å². The van der Waals surface area contributed by atoms with Crippen LogP contribution in [0.3, 0.4) is 0 Å². The van der Waals surface area contributed by atoms with Gasteiger partial charge in [0.15, 0.2) is 0 Å². The number of imidazole rings is 1. The molecule has 0 saturated carbocycles. The zero-order valence-electron chi connectivity index (χ0n) is 14.3. The highest BCUT2D eigenvalue weighted by Gasteiger charge is 2.21. The maximum absolute atomic E-state index is 13.5. The van der Waals surface area contributed by atoms with Gasteiger partial charge in [0, 0.05) is 42.8 Å². The van der Waals surface area contributed by atoms with Gasteiger partial charge in [0.25, 0.3) is 0 Å².